The standard InChI is InChI=1S/C84H163NO5/c1-3-5-7-9-11-13-15-17-19-21-22-23-24-36-39-42-45-48-52-56-60-64-68-72-76-82(87)81(80-86)85-83(88)77-73-69-65-61-57-53-49-46-43-40-37-34-32-30-28-26-25-27-29-31-33-35-38-41-44-47-51-55-59-63-67-71-75-79-90-84(89)78-74-70-66-62-58-54-50-20-18-16-14-12-10-8-6-4-2/h14,16,20,50,81-82,86-87H,3-13,15,17-19,21-49,51-80H2,1-2H3,(H,85,88)/b16-14-,50-20-. The lowest BCUT2D eigenvalue weighted by Gasteiger charge is -2.22. The second kappa shape index (κ2) is 79.8. The first-order valence-corrected chi connectivity index (χ1v) is 41.6. The van der Waals surface area contributed by atoms with Crippen molar-refractivity contribution in [2.45, 2.75) is 488 Å². The molecule has 0 aliphatic carbocycles. The summed E-state index contributed by atoms with van der Waals surface area (Å²) >= 11 is 0. The van der Waals surface area contributed by atoms with Gasteiger partial charge >= 0.3 is 5.97 Å². The van der Waals surface area contributed by atoms with Crippen LogP contribution in [0, 0.1) is 0 Å². The summed E-state index contributed by atoms with van der Waals surface area (Å²) < 4.78 is 5.50. The topological polar surface area (TPSA) is 95.9 Å². The van der Waals surface area contributed by atoms with Crippen molar-refractivity contribution in [1.82, 2.24) is 5.32 Å². The Labute approximate surface area is 564 Å². The normalized spacial score (nSPS) is 12.5. The molecule has 3 N–H and O–H groups in total. The lowest BCUT2D eigenvalue weighted by Crippen LogP contribution is -2.45. The van der Waals surface area contributed by atoms with Gasteiger partial charge in [0.1, 0.15) is 0 Å². The lowest BCUT2D eigenvalue weighted by atomic mass is 10.0. The summed E-state index contributed by atoms with van der Waals surface area (Å²) in [6, 6.07) is -0.539. The van der Waals surface area contributed by atoms with Gasteiger partial charge < -0.3 is 20.3 Å². The van der Waals surface area contributed by atoms with Crippen LogP contribution in [-0.2, 0) is 14.3 Å². The van der Waals surface area contributed by atoms with Gasteiger partial charge in [0.15, 0.2) is 0 Å². The molecule has 0 bridgehead atoms. The van der Waals surface area contributed by atoms with Crippen LogP contribution in [0.2, 0.25) is 0 Å². The number of rotatable bonds is 79. The first-order chi connectivity index (χ1) is 44.5. The van der Waals surface area contributed by atoms with Gasteiger partial charge in [-0.05, 0) is 57.8 Å². The predicted molar refractivity (Wildman–Crippen MR) is 398 cm³/mol. The van der Waals surface area contributed by atoms with Gasteiger partial charge in [0.25, 0.3) is 0 Å². The zero-order valence-electron chi connectivity index (χ0n) is 61.4. The molecule has 0 radical (unpaired) electrons. The minimum Gasteiger partial charge on any atom is -0.466 e. The number of amides is 1. The fourth-order valence-corrected chi connectivity index (χ4v) is 13.4. The van der Waals surface area contributed by atoms with Crippen molar-refractivity contribution in [3.63, 3.8) is 0 Å². The van der Waals surface area contributed by atoms with E-state index in [1.807, 2.05) is 0 Å². The van der Waals surface area contributed by atoms with E-state index in [-0.39, 0.29) is 18.5 Å². The van der Waals surface area contributed by atoms with Crippen LogP contribution >= 0.6 is 0 Å². The molecule has 0 fully saturated rings. The number of esters is 1. The lowest BCUT2D eigenvalue weighted by molar-refractivity contribution is -0.143. The Kier molecular flexibility index (Phi) is 78.3. The monoisotopic (exact) mass is 1270 g/mol. The van der Waals surface area contributed by atoms with Gasteiger partial charge in [-0.3, -0.25) is 9.59 Å². The van der Waals surface area contributed by atoms with E-state index in [4.69, 9.17) is 4.74 Å². The van der Waals surface area contributed by atoms with Crippen molar-refractivity contribution in [2.75, 3.05) is 13.2 Å². The van der Waals surface area contributed by atoms with Crippen molar-refractivity contribution in [1.29, 1.82) is 0 Å². The quantitative estimate of drug-likeness (QED) is 0.0320. The molecule has 534 valence electrons. The minimum absolute atomic E-state index is 0.00931. The summed E-state index contributed by atoms with van der Waals surface area (Å²) in [5.41, 5.74) is 0. The van der Waals surface area contributed by atoms with Crippen LogP contribution in [-0.4, -0.2) is 47.4 Å². The number of carbonyl (C=O) groups is 2. The maximum absolute atomic E-state index is 12.6. The van der Waals surface area contributed by atoms with Crippen LogP contribution in [0.1, 0.15) is 476 Å². The summed E-state index contributed by atoms with van der Waals surface area (Å²) in [7, 11) is 0. The van der Waals surface area contributed by atoms with E-state index in [2.05, 4.69) is 43.5 Å². The first-order valence-electron chi connectivity index (χ1n) is 41.6. The molecular formula is C84H163NO5. The van der Waals surface area contributed by atoms with E-state index in [0.29, 0.717) is 25.9 Å². The number of carbonyl (C=O) groups excluding carboxylic acids is 2. The highest BCUT2D eigenvalue weighted by Gasteiger charge is 2.20. The van der Waals surface area contributed by atoms with Crippen molar-refractivity contribution in [3.8, 4) is 0 Å². The molecule has 0 heterocycles. The van der Waals surface area contributed by atoms with E-state index in [1.165, 1.54) is 392 Å². The van der Waals surface area contributed by atoms with Crippen LogP contribution in [0.15, 0.2) is 24.3 Å². The van der Waals surface area contributed by atoms with E-state index in [0.717, 1.165) is 51.4 Å². The van der Waals surface area contributed by atoms with Crippen molar-refractivity contribution in [3.05, 3.63) is 24.3 Å². The summed E-state index contributed by atoms with van der Waals surface area (Å²) in [6.45, 7) is 4.99. The Bertz CT molecular complexity index is 1410. The number of allylic oxidation sites excluding steroid dienone is 4. The molecule has 0 aliphatic rings. The van der Waals surface area contributed by atoms with E-state index < -0.39 is 12.1 Å². The average molecular weight is 1270 g/mol. The molecule has 0 aromatic carbocycles. The first kappa shape index (κ1) is 88.3. The van der Waals surface area contributed by atoms with Gasteiger partial charge in [-0.15, -0.1) is 0 Å². The van der Waals surface area contributed by atoms with Gasteiger partial charge in [0, 0.05) is 12.8 Å². The molecule has 2 unspecified atom stereocenters. The summed E-state index contributed by atoms with van der Waals surface area (Å²) in [5, 5.41) is 23.5. The molecule has 6 heteroatoms. The van der Waals surface area contributed by atoms with Crippen molar-refractivity contribution < 1.29 is 24.5 Å². The van der Waals surface area contributed by atoms with E-state index in [9.17, 15) is 19.8 Å². The highest BCUT2D eigenvalue weighted by atomic mass is 16.5. The fraction of sp³-hybridized carbons (Fsp3) is 0.929. The number of hydrogen-bond donors (Lipinski definition) is 3. The second-order valence-corrected chi connectivity index (χ2v) is 28.8. The Morgan fingerprint density at radius 3 is 0.856 bits per heavy atom. The third-order valence-corrected chi connectivity index (χ3v) is 19.8. The fourth-order valence-electron chi connectivity index (χ4n) is 13.4. The molecule has 0 rings (SSSR count). The Balaban J connectivity index is 3.33. The second-order valence-electron chi connectivity index (χ2n) is 28.8. The Morgan fingerprint density at radius 1 is 0.311 bits per heavy atom. The smallest absolute Gasteiger partial charge is 0.305 e. The summed E-state index contributed by atoms with van der Waals surface area (Å²) in [4.78, 5) is 24.7. The molecular weight excluding hydrogens is 1100 g/mol. The highest BCUT2D eigenvalue weighted by molar-refractivity contribution is 5.76. The maximum atomic E-state index is 12.6. The molecule has 0 saturated carbocycles. The van der Waals surface area contributed by atoms with Crippen LogP contribution in [0.25, 0.3) is 0 Å². The molecule has 0 aliphatic heterocycles. The van der Waals surface area contributed by atoms with Gasteiger partial charge in [0.2, 0.25) is 5.91 Å². The number of unbranched alkanes of at least 4 members (excludes halogenated alkanes) is 64. The molecule has 0 spiro atoms. The van der Waals surface area contributed by atoms with Crippen LogP contribution in [0.5, 0.6) is 0 Å². The molecule has 1 amide bonds. The molecule has 90 heavy (non-hydrogen) atoms. The zero-order valence-corrected chi connectivity index (χ0v) is 61.4. The SMILES string of the molecule is CCCCCC/C=C\C/C=C\CCCCCCCC(=O)OCCCCCCCCCCCCCCCCCCCCCCCCCCCCCCCCCCCC(=O)NC(CO)C(O)CCCCCCCCCCCCCCCCCCCCCCCCCC. The third kappa shape index (κ3) is 75.4. The van der Waals surface area contributed by atoms with Crippen LogP contribution in [0.4, 0.5) is 0 Å². The maximum Gasteiger partial charge on any atom is 0.305 e. The molecule has 6 nitrogen and oxygen atoms in total. The van der Waals surface area contributed by atoms with Gasteiger partial charge in [-0.1, -0.05) is 430 Å². The summed E-state index contributed by atoms with van der Waals surface area (Å²) in [6.07, 6.45) is 103. The molecule has 0 aromatic heterocycles. The molecule has 0 aromatic rings. The third-order valence-electron chi connectivity index (χ3n) is 19.8. The average Bonchev–Trinajstić information content (AvgIpc) is 3.68. The van der Waals surface area contributed by atoms with Gasteiger partial charge in [-0.25, -0.2) is 0 Å². The molecule has 2 atom stereocenters. The number of hydrogen-bond acceptors (Lipinski definition) is 5. The van der Waals surface area contributed by atoms with Gasteiger partial charge in [0.05, 0.1) is 25.4 Å². The van der Waals surface area contributed by atoms with Crippen molar-refractivity contribution in [2.24, 2.45) is 0 Å². The van der Waals surface area contributed by atoms with Crippen LogP contribution in [0.3, 0.4) is 0 Å². The Hall–Kier alpha value is -1.66. The predicted octanol–water partition coefficient (Wildman–Crippen LogP) is 27.6. The summed E-state index contributed by atoms with van der Waals surface area (Å²) in [5.74, 6) is -0.0148. The Morgan fingerprint density at radius 2 is 0.556 bits per heavy atom. The number of aliphatic hydroxyl groups excluding tert-OH is 2. The number of aliphatic hydroxyl groups is 2. The van der Waals surface area contributed by atoms with Gasteiger partial charge in [-0.2, -0.15) is 0 Å². The van der Waals surface area contributed by atoms with Crippen molar-refractivity contribution >= 4 is 11.9 Å². The molecule has 0 saturated heterocycles. The number of nitrogens with one attached hydrogen (secondary N) is 1. The largest absolute Gasteiger partial charge is 0.466 e. The minimum atomic E-state index is -0.662. The zero-order chi connectivity index (χ0) is 64.9. The highest BCUT2D eigenvalue weighted by Crippen LogP contribution is 2.21. The number of ether oxygens (including phenoxy) is 1. The van der Waals surface area contributed by atoms with E-state index >= 15 is 0 Å². The van der Waals surface area contributed by atoms with E-state index in [1.54, 1.807) is 0 Å². The van der Waals surface area contributed by atoms with Crippen LogP contribution < -0.4 is 5.32 Å².